The first-order chi connectivity index (χ1) is 13.7. The van der Waals surface area contributed by atoms with E-state index in [9.17, 15) is 5.11 Å². The highest BCUT2D eigenvalue weighted by Gasteiger charge is 2.24. The van der Waals surface area contributed by atoms with Gasteiger partial charge < -0.3 is 20.1 Å². The topological polar surface area (TPSA) is 57.1 Å². The second kappa shape index (κ2) is 12.2. The Morgan fingerprint density at radius 2 is 2.07 bits per heavy atom. The molecule has 1 saturated heterocycles. The maximum atomic E-state index is 9.96. The molecule has 29 heavy (non-hydrogen) atoms. The Morgan fingerprint density at radius 1 is 1.28 bits per heavy atom. The maximum Gasteiger partial charge on any atom is 0.194 e. The lowest BCUT2D eigenvalue weighted by Crippen LogP contribution is -2.40. The smallest absolute Gasteiger partial charge is 0.194 e. The molecule has 0 saturated carbocycles. The third kappa shape index (κ3) is 6.99. The van der Waals surface area contributed by atoms with Crippen LogP contribution >= 0.6 is 35.7 Å². The molecule has 1 aliphatic heterocycles. The van der Waals surface area contributed by atoms with Gasteiger partial charge in [-0.15, -0.1) is 35.7 Å². The van der Waals surface area contributed by atoms with Gasteiger partial charge in [-0.2, -0.15) is 0 Å². The van der Waals surface area contributed by atoms with E-state index in [1.165, 1.54) is 11.3 Å². The van der Waals surface area contributed by atoms with E-state index in [0.29, 0.717) is 18.2 Å². The second-order valence-corrected chi connectivity index (χ2v) is 7.99. The molecule has 0 bridgehead atoms. The van der Waals surface area contributed by atoms with Gasteiger partial charge in [-0.3, -0.25) is 0 Å². The number of ether oxygens (including phenoxy) is 1. The molecule has 5 nitrogen and oxygen atoms in total. The standard InChI is InChI=1S/C22H29N3O2S.HI/c1-3-23-22(24-14-17-9-10-21(27-2)20(26)13-17)25-12-11-18(15-25)16-28-19-7-5-4-6-8-19;/h4-10,13,18,26H,3,11-12,14-16H2,1-2H3,(H,23,24);1H. The third-order valence-corrected chi connectivity index (χ3v) is 6.05. The molecule has 1 heterocycles. The van der Waals surface area contributed by atoms with Crippen LogP contribution in [0.25, 0.3) is 0 Å². The average Bonchev–Trinajstić information content (AvgIpc) is 3.19. The first-order valence-electron chi connectivity index (χ1n) is 9.76. The summed E-state index contributed by atoms with van der Waals surface area (Å²) in [5.74, 6) is 3.38. The van der Waals surface area contributed by atoms with Crippen molar-refractivity contribution in [1.29, 1.82) is 0 Å². The zero-order valence-electron chi connectivity index (χ0n) is 17.0. The number of nitrogens with one attached hydrogen (secondary N) is 1. The molecule has 3 rings (SSSR count). The number of aromatic hydroxyl groups is 1. The van der Waals surface area contributed by atoms with Crippen molar-refractivity contribution < 1.29 is 9.84 Å². The summed E-state index contributed by atoms with van der Waals surface area (Å²) >= 11 is 1.93. The van der Waals surface area contributed by atoms with E-state index < -0.39 is 0 Å². The first kappa shape index (κ1) is 23.7. The molecule has 1 unspecified atom stereocenters. The van der Waals surface area contributed by atoms with Crippen LogP contribution in [0.5, 0.6) is 11.5 Å². The third-order valence-electron chi connectivity index (χ3n) is 4.80. The van der Waals surface area contributed by atoms with Gasteiger partial charge in [0.15, 0.2) is 17.5 Å². The van der Waals surface area contributed by atoms with Crippen molar-refractivity contribution in [2.45, 2.75) is 24.8 Å². The molecular formula is C22H30IN3O2S. The monoisotopic (exact) mass is 527 g/mol. The van der Waals surface area contributed by atoms with Crippen molar-refractivity contribution in [1.82, 2.24) is 10.2 Å². The number of thioether (sulfide) groups is 1. The Labute approximate surface area is 195 Å². The number of guanidine groups is 1. The second-order valence-electron chi connectivity index (χ2n) is 6.90. The van der Waals surface area contributed by atoms with Crippen molar-refractivity contribution in [3.05, 3.63) is 54.1 Å². The number of phenols is 1. The number of aliphatic imine (C=N–C) groups is 1. The fourth-order valence-electron chi connectivity index (χ4n) is 3.32. The van der Waals surface area contributed by atoms with Crippen LogP contribution in [0.2, 0.25) is 0 Å². The average molecular weight is 527 g/mol. The van der Waals surface area contributed by atoms with Crippen LogP contribution in [0.15, 0.2) is 58.4 Å². The van der Waals surface area contributed by atoms with E-state index in [-0.39, 0.29) is 29.7 Å². The molecule has 0 aromatic heterocycles. The number of benzene rings is 2. The van der Waals surface area contributed by atoms with Crippen LogP contribution in [0.3, 0.4) is 0 Å². The van der Waals surface area contributed by atoms with Gasteiger partial charge in [-0.25, -0.2) is 4.99 Å². The van der Waals surface area contributed by atoms with Crippen LogP contribution in [-0.4, -0.2) is 48.5 Å². The van der Waals surface area contributed by atoms with Crippen LogP contribution in [-0.2, 0) is 6.54 Å². The molecule has 1 atom stereocenters. The predicted molar refractivity (Wildman–Crippen MR) is 132 cm³/mol. The number of phenolic OH excluding ortho intramolecular Hbond substituents is 1. The maximum absolute atomic E-state index is 9.96. The summed E-state index contributed by atoms with van der Waals surface area (Å²) in [5.41, 5.74) is 0.962. The summed E-state index contributed by atoms with van der Waals surface area (Å²) in [6.07, 6.45) is 1.19. The van der Waals surface area contributed by atoms with Crippen molar-refractivity contribution in [2.75, 3.05) is 32.5 Å². The number of hydrogen-bond donors (Lipinski definition) is 2. The lowest BCUT2D eigenvalue weighted by Gasteiger charge is -2.21. The summed E-state index contributed by atoms with van der Waals surface area (Å²) in [7, 11) is 1.55. The minimum Gasteiger partial charge on any atom is -0.504 e. The fraction of sp³-hybridized carbons (Fsp3) is 0.409. The van der Waals surface area contributed by atoms with Crippen molar-refractivity contribution >= 4 is 41.7 Å². The van der Waals surface area contributed by atoms with Gasteiger partial charge in [0.25, 0.3) is 0 Å². The normalized spacial score (nSPS) is 16.4. The number of nitrogens with zero attached hydrogens (tertiary/aromatic N) is 2. The Morgan fingerprint density at radius 3 is 2.76 bits per heavy atom. The Hall–Kier alpha value is -1.61. The fourth-order valence-corrected chi connectivity index (χ4v) is 4.37. The predicted octanol–water partition coefficient (Wildman–Crippen LogP) is 4.60. The quantitative estimate of drug-likeness (QED) is 0.239. The van der Waals surface area contributed by atoms with Crippen LogP contribution in [0.1, 0.15) is 18.9 Å². The SMILES string of the molecule is CCNC(=NCc1ccc(OC)c(O)c1)N1CCC(CSc2ccccc2)C1.I. The molecule has 0 spiro atoms. The summed E-state index contributed by atoms with van der Waals surface area (Å²) in [6.45, 7) is 5.51. The number of rotatable bonds is 7. The van der Waals surface area contributed by atoms with E-state index >= 15 is 0 Å². The lowest BCUT2D eigenvalue weighted by molar-refractivity contribution is 0.373. The first-order valence-corrected chi connectivity index (χ1v) is 10.7. The molecule has 7 heteroatoms. The van der Waals surface area contributed by atoms with Crippen LogP contribution < -0.4 is 10.1 Å². The van der Waals surface area contributed by atoms with Gasteiger partial charge in [0.1, 0.15) is 0 Å². The van der Waals surface area contributed by atoms with Crippen molar-refractivity contribution in [3.8, 4) is 11.5 Å². The molecule has 0 aliphatic carbocycles. The van der Waals surface area contributed by atoms with E-state index in [0.717, 1.165) is 36.9 Å². The van der Waals surface area contributed by atoms with E-state index in [1.807, 2.05) is 17.8 Å². The van der Waals surface area contributed by atoms with E-state index in [2.05, 4.69) is 47.5 Å². The van der Waals surface area contributed by atoms with Crippen molar-refractivity contribution in [2.24, 2.45) is 10.9 Å². The zero-order chi connectivity index (χ0) is 19.8. The Kier molecular flexibility index (Phi) is 9.93. The molecule has 1 fully saturated rings. The molecule has 0 amide bonds. The number of hydrogen-bond acceptors (Lipinski definition) is 4. The Balaban J connectivity index is 0.00000300. The highest BCUT2D eigenvalue weighted by atomic mass is 127. The largest absolute Gasteiger partial charge is 0.504 e. The van der Waals surface area contributed by atoms with Gasteiger partial charge in [-0.1, -0.05) is 24.3 Å². The molecule has 2 aromatic rings. The highest BCUT2D eigenvalue weighted by Crippen LogP contribution is 2.27. The van der Waals surface area contributed by atoms with Gasteiger partial charge in [0, 0.05) is 30.3 Å². The summed E-state index contributed by atoms with van der Waals surface area (Å²) in [4.78, 5) is 8.47. The molecule has 2 N–H and O–H groups in total. The lowest BCUT2D eigenvalue weighted by atomic mass is 10.2. The van der Waals surface area contributed by atoms with Gasteiger partial charge in [0.05, 0.1) is 13.7 Å². The Bertz CT molecular complexity index is 789. The molecule has 1 aliphatic rings. The van der Waals surface area contributed by atoms with Gasteiger partial charge in [0.2, 0.25) is 0 Å². The molecule has 0 radical (unpaired) electrons. The minimum atomic E-state index is 0. The van der Waals surface area contributed by atoms with E-state index in [1.54, 1.807) is 19.2 Å². The zero-order valence-corrected chi connectivity index (χ0v) is 20.2. The molecule has 158 valence electrons. The summed E-state index contributed by atoms with van der Waals surface area (Å²) < 4.78 is 5.10. The minimum absolute atomic E-state index is 0. The van der Waals surface area contributed by atoms with Crippen molar-refractivity contribution in [3.63, 3.8) is 0 Å². The van der Waals surface area contributed by atoms with Gasteiger partial charge >= 0.3 is 0 Å². The highest BCUT2D eigenvalue weighted by molar-refractivity contribution is 14.0. The summed E-state index contributed by atoms with van der Waals surface area (Å²) in [6, 6.07) is 16.0. The van der Waals surface area contributed by atoms with Gasteiger partial charge in [-0.05, 0) is 49.1 Å². The van der Waals surface area contributed by atoms with Crippen LogP contribution in [0.4, 0.5) is 0 Å². The molecule has 2 aromatic carbocycles. The number of likely N-dealkylation sites (tertiary alicyclic amines) is 1. The van der Waals surface area contributed by atoms with E-state index in [4.69, 9.17) is 9.73 Å². The number of halogens is 1. The van der Waals surface area contributed by atoms with Crippen LogP contribution in [0, 0.1) is 5.92 Å². The molecular weight excluding hydrogens is 497 g/mol. The number of methoxy groups -OCH3 is 1. The summed E-state index contributed by atoms with van der Waals surface area (Å²) in [5, 5.41) is 13.4.